The first-order valence-electron chi connectivity index (χ1n) is 6.64. The summed E-state index contributed by atoms with van der Waals surface area (Å²) in [6.45, 7) is 0. The van der Waals surface area contributed by atoms with Crippen molar-refractivity contribution in [1.29, 1.82) is 0 Å². The minimum atomic E-state index is -0.645. The van der Waals surface area contributed by atoms with Crippen LogP contribution in [0.4, 0.5) is 0 Å². The van der Waals surface area contributed by atoms with Crippen molar-refractivity contribution < 1.29 is 14.6 Å². The molecular formula is C13H14O3. The van der Waals surface area contributed by atoms with Gasteiger partial charge in [0.15, 0.2) is 0 Å². The van der Waals surface area contributed by atoms with E-state index < -0.39 is 5.97 Å². The monoisotopic (exact) mass is 218 g/mol. The summed E-state index contributed by atoms with van der Waals surface area (Å²) in [4.78, 5) is 11.1. The first kappa shape index (κ1) is 7.70. The van der Waals surface area contributed by atoms with Crippen molar-refractivity contribution in [3.8, 4) is 0 Å². The molecule has 7 aliphatic rings. The van der Waals surface area contributed by atoms with Gasteiger partial charge in [0.25, 0.3) is 0 Å². The summed E-state index contributed by atoms with van der Waals surface area (Å²) >= 11 is 0. The highest BCUT2D eigenvalue weighted by Gasteiger charge is 2.92. The van der Waals surface area contributed by atoms with E-state index >= 15 is 0 Å². The smallest absolute Gasteiger partial charge is 0.306 e. The van der Waals surface area contributed by atoms with Gasteiger partial charge >= 0.3 is 5.97 Å². The maximum absolute atomic E-state index is 11.1. The van der Waals surface area contributed by atoms with Gasteiger partial charge in [-0.05, 0) is 53.8 Å². The van der Waals surface area contributed by atoms with Crippen LogP contribution in [0.5, 0.6) is 0 Å². The summed E-state index contributed by atoms with van der Waals surface area (Å²) in [5, 5.41) is 9.17. The summed E-state index contributed by atoms with van der Waals surface area (Å²) in [6, 6.07) is 0. The van der Waals surface area contributed by atoms with Crippen LogP contribution in [0.25, 0.3) is 0 Å². The molecule has 0 unspecified atom stereocenters. The lowest BCUT2D eigenvalue weighted by atomic mass is 9.57. The number of hydrogen-bond acceptors (Lipinski definition) is 2. The molecule has 0 amide bonds. The van der Waals surface area contributed by atoms with Crippen LogP contribution in [0, 0.1) is 47.3 Å². The third kappa shape index (κ3) is 0.430. The number of carboxylic acids is 1. The van der Waals surface area contributed by atoms with Crippen molar-refractivity contribution in [3.63, 3.8) is 0 Å². The van der Waals surface area contributed by atoms with E-state index in [1.807, 2.05) is 0 Å². The maximum atomic E-state index is 11.1. The molecule has 5 saturated carbocycles. The minimum absolute atomic E-state index is 0.192. The van der Waals surface area contributed by atoms with Crippen molar-refractivity contribution in [3.05, 3.63) is 0 Å². The Morgan fingerprint density at radius 1 is 1.19 bits per heavy atom. The molecule has 0 spiro atoms. The Kier molecular flexibility index (Phi) is 0.848. The fourth-order valence-electron chi connectivity index (χ4n) is 7.72. The molecule has 3 nitrogen and oxygen atoms in total. The second kappa shape index (κ2) is 1.76. The van der Waals surface area contributed by atoms with Gasteiger partial charge in [0.05, 0.1) is 18.1 Å². The van der Waals surface area contributed by atoms with Crippen molar-refractivity contribution in [1.82, 2.24) is 0 Å². The molecule has 4 bridgehead atoms. The number of carboxylic acid groups (broad SMARTS) is 1. The molecule has 5 aliphatic carbocycles. The minimum Gasteiger partial charge on any atom is -0.481 e. The lowest BCUT2D eigenvalue weighted by molar-refractivity contribution is -0.145. The molecule has 10 atom stereocenters. The Hall–Kier alpha value is -0.570. The normalized spacial score (nSPS) is 77.9. The lowest BCUT2D eigenvalue weighted by Gasteiger charge is -2.45. The van der Waals surface area contributed by atoms with Crippen LogP contribution in [0.1, 0.15) is 12.8 Å². The molecule has 7 rings (SSSR count). The molecule has 1 N–H and O–H groups in total. The van der Waals surface area contributed by atoms with Crippen LogP contribution >= 0.6 is 0 Å². The van der Waals surface area contributed by atoms with Gasteiger partial charge in [-0.2, -0.15) is 0 Å². The van der Waals surface area contributed by atoms with Crippen molar-refractivity contribution in [2.24, 2.45) is 47.3 Å². The molecule has 84 valence electrons. The third-order valence-electron chi connectivity index (χ3n) is 7.29. The van der Waals surface area contributed by atoms with E-state index in [1.165, 1.54) is 6.42 Å². The highest BCUT2D eigenvalue weighted by molar-refractivity contribution is 5.69. The van der Waals surface area contributed by atoms with E-state index in [4.69, 9.17) is 4.74 Å². The molecule has 0 radical (unpaired) electrons. The largest absolute Gasteiger partial charge is 0.481 e. The highest BCUT2D eigenvalue weighted by atomic mass is 16.5. The number of carbonyl (C=O) groups is 1. The van der Waals surface area contributed by atoms with Gasteiger partial charge in [0, 0.05) is 0 Å². The van der Waals surface area contributed by atoms with Crippen LogP contribution in [0.3, 0.4) is 0 Å². The predicted octanol–water partition coefficient (Wildman–Crippen LogP) is 0.986. The lowest BCUT2D eigenvalue weighted by Crippen LogP contribution is -2.49. The highest BCUT2D eigenvalue weighted by Crippen LogP contribution is 2.90. The Balaban J connectivity index is 1.62. The van der Waals surface area contributed by atoms with E-state index in [-0.39, 0.29) is 12.0 Å². The van der Waals surface area contributed by atoms with Gasteiger partial charge in [-0.15, -0.1) is 0 Å². The summed E-state index contributed by atoms with van der Waals surface area (Å²) < 4.78 is 6.29. The number of ether oxygens (including phenoxy) is 1. The fraction of sp³-hybridized carbons (Fsp3) is 0.923. The van der Waals surface area contributed by atoms with E-state index in [0.29, 0.717) is 17.9 Å². The second-order valence-corrected chi connectivity index (χ2v) is 7.03. The van der Waals surface area contributed by atoms with E-state index in [2.05, 4.69) is 0 Å². The SMILES string of the molecule is O=C(O)C[C@]12O[C@H]3[C@H]4[C@@H]5[C@H]6C[C@H]([C@@H]5[C@H]41)[C@@H]2[C@@H]63. The quantitative estimate of drug-likeness (QED) is 0.751. The van der Waals surface area contributed by atoms with Gasteiger partial charge in [0.1, 0.15) is 0 Å². The van der Waals surface area contributed by atoms with Crippen LogP contribution in [0.15, 0.2) is 0 Å². The van der Waals surface area contributed by atoms with Crippen LogP contribution in [-0.2, 0) is 9.53 Å². The van der Waals surface area contributed by atoms with Gasteiger partial charge in [-0.3, -0.25) is 4.79 Å². The fourth-order valence-corrected chi connectivity index (χ4v) is 7.72. The van der Waals surface area contributed by atoms with Gasteiger partial charge < -0.3 is 9.84 Å². The summed E-state index contributed by atoms with van der Waals surface area (Å²) in [5.74, 6) is 5.83. The number of hydrogen-bond donors (Lipinski definition) is 1. The predicted molar refractivity (Wildman–Crippen MR) is 52.4 cm³/mol. The van der Waals surface area contributed by atoms with Gasteiger partial charge in [-0.25, -0.2) is 0 Å². The first-order chi connectivity index (χ1) is 7.74. The molecule has 2 saturated heterocycles. The van der Waals surface area contributed by atoms with Crippen molar-refractivity contribution >= 4 is 5.97 Å². The van der Waals surface area contributed by atoms with E-state index in [1.54, 1.807) is 0 Å². The molecule has 0 aromatic carbocycles. The summed E-state index contributed by atoms with van der Waals surface area (Å²) in [6.07, 6.45) is 2.19. The maximum Gasteiger partial charge on any atom is 0.306 e. The number of aliphatic carboxylic acids is 1. The average Bonchev–Trinajstić information content (AvgIpc) is 2.73. The molecular weight excluding hydrogens is 204 g/mol. The molecule has 3 heteroatoms. The Bertz CT molecular complexity index is 450. The van der Waals surface area contributed by atoms with Crippen LogP contribution in [0.2, 0.25) is 0 Å². The zero-order chi connectivity index (χ0) is 10.4. The van der Waals surface area contributed by atoms with Crippen molar-refractivity contribution in [2.75, 3.05) is 0 Å². The number of rotatable bonds is 2. The van der Waals surface area contributed by atoms with Gasteiger partial charge in [-0.1, -0.05) is 0 Å². The Labute approximate surface area is 93.2 Å². The van der Waals surface area contributed by atoms with Gasteiger partial charge in [0.2, 0.25) is 0 Å². The zero-order valence-electron chi connectivity index (χ0n) is 8.87. The first-order valence-corrected chi connectivity index (χ1v) is 6.64. The van der Waals surface area contributed by atoms with E-state index in [0.717, 1.165) is 35.5 Å². The Morgan fingerprint density at radius 3 is 2.88 bits per heavy atom. The van der Waals surface area contributed by atoms with Crippen molar-refractivity contribution in [2.45, 2.75) is 24.5 Å². The molecule has 0 aromatic heterocycles. The summed E-state index contributed by atoms with van der Waals surface area (Å²) in [7, 11) is 0. The standard InChI is InChI=1S/C13H14O3/c14-5(15)2-13-10-4-1-3-6-7(4)11(13)9(6)12(16-13)8(3)10/h3-4,6-12H,1-2H2,(H,14,15)/t3-,4-,6-,7+,8-,9+,10-,11-,12-,13-/m1/s1. The summed E-state index contributed by atoms with van der Waals surface area (Å²) in [5.41, 5.74) is -0.192. The molecule has 2 aliphatic heterocycles. The van der Waals surface area contributed by atoms with Crippen LogP contribution < -0.4 is 0 Å². The zero-order valence-corrected chi connectivity index (χ0v) is 8.87. The van der Waals surface area contributed by atoms with E-state index in [9.17, 15) is 9.90 Å². The van der Waals surface area contributed by atoms with Crippen LogP contribution in [-0.4, -0.2) is 22.8 Å². The Morgan fingerprint density at radius 2 is 2.06 bits per heavy atom. The third-order valence-corrected chi connectivity index (χ3v) is 7.29. The topological polar surface area (TPSA) is 46.5 Å². The molecule has 2 heterocycles. The second-order valence-electron chi connectivity index (χ2n) is 7.03. The molecule has 7 fully saturated rings. The molecule has 0 aromatic rings. The molecule has 16 heavy (non-hydrogen) atoms. The average molecular weight is 218 g/mol.